The van der Waals surface area contributed by atoms with E-state index in [1.165, 1.54) is 17.2 Å². The van der Waals surface area contributed by atoms with Crippen LogP contribution in [0.4, 0.5) is 0 Å². The maximum Gasteiger partial charge on any atom is 0.290 e. The number of Topliss-reactive ketones (excluding diaryl/α,β-unsaturated/α-hetero) is 1. The molecule has 1 aromatic heterocycles. The van der Waals surface area contributed by atoms with Gasteiger partial charge in [0.15, 0.2) is 11.5 Å². The molecule has 3 aromatic rings. The fourth-order valence-electron chi connectivity index (χ4n) is 3.93. The Kier molecular flexibility index (Phi) is 6.60. The minimum atomic E-state index is -0.753. The molecule has 2 aromatic carbocycles. The van der Waals surface area contributed by atoms with Gasteiger partial charge in [-0.1, -0.05) is 30.3 Å². The van der Waals surface area contributed by atoms with Crippen molar-refractivity contribution in [1.82, 2.24) is 9.80 Å². The Morgan fingerprint density at radius 1 is 1.06 bits per heavy atom. The minimum absolute atomic E-state index is 0.0108. The lowest BCUT2D eigenvalue weighted by molar-refractivity contribution is -0.129. The second kappa shape index (κ2) is 9.75. The molecule has 1 atom stereocenters. The Hall–Kier alpha value is -3.84. The molecule has 0 saturated heterocycles. The zero-order chi connectivity index (χ0) is 23.4. The van der Waals surface area contributed by atoms with E-state index in [2.05, 4.69) is 0 Å². The van der Waals surface area contributed by atoms with Crippen molar-refractivity contribution in [2.75, 3.05) is 27.2 Å². The molecule has 33 heavy (non-hydrogen) atoms. The van der Waals surface area contributed by atoms with E-state index in [1.807, 2.05) is 55.4 Å². The molecule has 1 unspecified atom stereocenters. The van der Waals surface area contributed by atoms with Crippen LogP contribution in [0.25, 0.3) is 0 Å². The van der Waals surface area contributed by atoms with Crippen LogP contribution in [0.5, 0.6) is 11.5 Å². The van der Waals surface area contributed by atoms with E-state index in [1.54, 1.807) is 24.3 Å². The predicted octanol–water partition coefficient (Wildman–Crippen LogP) is 4.60. The molecule has 1 aliphatic rings. The van der Waals surface area contributed by atoms with Crippen LogP contribution in [0.3, 0.4) is 0 Å². The summed E-state index contributed by atoms with van der Waals surface area (Å²) in [6.45, 7) is 1.14. The number of amides is 1. The molecule has 7 nitrogen and oxygen atoms in total. The van der Waals surface area contributed by atoms with Gasteiger partial charge in [0, 0.05) is 6.54 Å². The molecule has 2 heterocycles. The van der Waals surface area contributed by atoms with Gasteiger partial charge in [0.2, 0.25) is 5.78 Å². The van der Waals surface area contributed by atoms with Crippen LogP contribution in [-0.2, 0) is 4.79 Å². The quantitative estimate of drug-likeness (QED) is 0.484. The molecule has 1 N–H and O–H groups in total. The topological polar surface area (TPSA) is 83.2 Å². The molecule has 0 aliphatic carbocycles. The lowest BCUT2D eigenvalue weighted by Gasteiger charge is -2.27. The standard InChI is InChI=1S/C26H26N2O5/c1-27(2)14-8-15-28-23(22(25(30)26(28)31)24(29)21-13-7-16-32-21)18-9-6-12-20(17-18)33-19-10-4-3-5-11-19/h3-7,9-13,16-17,23,30H,8,14-15H2,1-2H3. The Morgan fingerprint density at radius 2 is 1.82 bits per heavy atom. The summed E-state index contributed by atoms with van der Waals surface area (Å²) in [4.78, 5) is 29.8. The molecular formula is C26H26N2O5. The zero-order valence-corrected chi connectivity index (χ0v) is 18.6. The number of rotatable bonds is 9. The highest BCUT2D eigenvalue weighted by Crippen LogP contribution is 2.40. The van der Waals surface area contributed by atoms with Gasteiger partial charge in [0.25, 0.3) is 5.91 Å². The largest absolute Gasteiger partial charge is 0.503 e. The van der Waals surface area contributed by atoms with Gasteiger partial charge < -0.3 is 24.1 Å². The summed E-state index contributed by atoms with van der Waals surface area (Å²) < 4.78 is 11.2. The lowest BCUT2D eigenvalue weighted by Crippen LogP contribution is -2.33. The summed E-state index contributed by atoms with van der Waals surface area (Å²) in [5, 5.41) is 10.7. The van der Waals surface area contributed by atoms with Crippen LogP contribution in [0.2, 0.25) is 0 Å². The Balaban J connectivity index is 1.70. The molecule has 4 rings (SSSR count). The summed E-state index contributed by atoms with van der Waals surface area (Å²) in [6, 6.07) is 18.9. The van der Waals surface area contributed by atoms with Gasteiger partial charge in [-0.25, -0.2) is 0 Å². The number of aliphatic hydroxyl groups excluding tert-OH is 1. The van der Waals surface area contributed by atoms with E-state index < -0.39 is 23.5 Å². The maximum absolute atomic E-state index is 13.2. The molecule has 170 valence electrons. The van der Waals surface area contributed by atoms with Gasteiger partial charge in [-0.15, -0.1) is 0 Å². The third-order valence-electron chi connectivity index (χ3n) is 5.45. The number of ether oxygens (including phenoxy) is 1. The second-order valence-corrected chi connectivity index (χ2v) is 8.11. The highest BCUT2D eigenvalue weighted by molar-refractivity contribution is 6.15. The maximum atomic E-state index is 13.2. The number of carbonyl (C=O) groups is 2. The van der Waals surface area contributed by atoms with Gasteiger partial charge in [-0.05, 0) is 69.0 Å². The number of hydrogen-bond acceptors (Lipinski definition) is 6. The van der Waals surface area contributed by atoms with Gasteiger partial charge in [-0.3, -0.25) is 9.59 Å². The number of para-hydroxylation sites is 1. The number of benzene rings is 2. The SMILES string of the molecule is CN(C)CCCN1C(=O)C(O)=C(C(=O)c2ccco2)C1c1cccc(Oc2ccccc2)c1. The van der Waals surface area contributed by atoms with E-state index in [9.17, 15) is 14.7 Å². The molecule has 0 radical (unpaired) electrons. The summed E-state index contributed by atoms with van der Waals surface area (Å²) in [5.74, 6) is -0.314. The third kappa shape index (κ3) is 4.83. The van der Waals surface area contributed by atoms with Gasteiger partial charge >= 0.3 is 0 Å². The van der Waals surface area contributed by atoms with Crippen molar-refractivity contribution in [2.24, 2.45) is 0 Å². The molecule has 1 amide bonds. The summed E-state index contributed by atoms with van der Waals surface area (Å²) in [5.41, 5.74) is 0.678. The lowest BCUT2D eigenvalue weighted by atomic mass is 9.95. The summed E-state index contributed by atoms with van der Waals surface area (Å²) >= 11 is 0. The van der Waals surface area contributed by atoms with Crippen molar-refractivity contribution in [2.45, 2.75) is 12.5 Å². The number of carbonyl (C=O) groups excluding carboxylic acids is 2. The highest BCUT2D eigenvalue weighted by atomic mass is 16.5. The molecule has 0 bridgehead atoms. The molecule has 0 spiro atoms. The zero-order valence-electron chi connectivity index (χ0n) is 18.6. The fraction of sp³-hybridized carbons (Fsp3) is 0.231. The van der Waals surface area contributed by atoms with Gasteiger partial charge in [0.1, 0.15) is 11.5 Å². The monoisotopic (exact) mass is 446 g/mol. The van der Waals surface area contributed by atoms with Crippen LogP contribution in [0, 0.1) is 0 Å². The third-order valence-corrected chi connectivity index (χ3v) is 5.45. The van der Waals surface area contributed by atoms with E-state index in [4.69, 9.17) is 9.15 Å². The van der Waals surface area contributed by atoms with Crippen molar-refractivity contribution >= 4 is 11.7 Å². The van der Waals surface area contributed by atoms with Crippen LogP contribution < -0.4 is 4.74 Å². The predicted molar refractivity (Wildman–Crippen MR) is 123 cm³/mol. The van der Waals surface area contributed by atoms with Crippen LogP contribution >= 0.6 is 0 Å². The first kappa shape index (κ1) is 22.4. The molecule has 7 heteroatoms. The number of hydrogen-bond donors (Lipinski definition) is 1. The van der Waals surface area contributed by atoms with E-state index in [-0.39, 0.29) is 11.3 Å². The first-order chi connectivity index (χ1) is 16.0. The number of nitrogens with zero attached hydrogens (tertiary/aromatic N) is 2. The first-order valence-corrected chi connectivity index (χ1v) is 10.8. The Bertz CT molecular complexity index is 1150. The molecule has 0 fully saturated rings. The molecule has 0 saturated carbocycles. The van der Waals surface area contributed by atoms with Crippen molar-refractivity contribution in [3.63, 3.8) is 0 Å². The van der Waals surface area contributed by atoms with Crippen LogP contribution in [-0.4, -0.2) is 53.8 Å². The summed E-state index contributed by atoms with van der Waals surface area (Å²) in [6.07, 6.45) is 2.07. The minimum Gasteiger partial charge on any atom is -0.503 e. The Labute approximate surface area is 192 Å². The highest BCUT2D eigenvalue weighted by Gasteiger charge is 2.44. The average Bonchev–Trinajstić information content (AvgIpc) is 3.43. The van der Waals surface area contributed by atoms with Gasteiger partial charge in [-0.2, -0.15) is 0 Å². The fourth-order valence-corrected chi connectivity index (χ4v) is 3.93. The number of aliphatic hydroxyl groups is 1. The van der Waals surface area contributed by atoms with E-state index in [0.29, 0.717) is 30.0 Å². The summed E-state index contributed by atoms with van der Waals surface area (Å²) in [7, 11) is 3.91. The normalized spacial score (nSPS) is 16.0. The van der Waals surface area contributed by atoms with Crippen molar-refractivity contribution in [1.29, 1.82) is 0 Å². The molecule has 1 aliphatic heterocycles. The molecular weight excluding hydrogens is 420 g/mol. The second-order valence-electron chi connectivity index (χ2n) is 8.11. The average molecular weight is 447 g/mol. The number of furan rings is 1. The number of ketones is 1. The van der Waals surface area contributed by atoms with Crippen LogP contribution in [0.15, 0.2) is 88.7 Å². The van der Waals surface area contributed by atoms with Crippen molar-refractivity contribution in [3.8, 4) is 11.5 Å². The van der Waals surface area contributed by atoms with Crippen LogP contribution in [0.1, 0.15) is 28.6 Å². The van der Waals surface area contributed by atoms with Gasteiger partial charge in [0.05, 0.1) is 17.9 Å². The van der Waals surface area contributed by atoms with Crippen molar-refractivity contribution < 1.29 is 23.8 Å². The van der Waals surface area contributed by atoms with E-state index >= 15 is 0 Å². The Morgan fingerprint density at radius 3 is 2.52 bits per heavy atom. The van der Waals surface area contributed by atoms with Crippen molar-refractivity contribution in [3.05, 3.63) is 95.6 Å². The van der Waals surface area contributed by atoms with E-state index in [0.717, 1.165) is 6.54 Å². The smallest absolute Gasteiger partial charge is 0.290 e. The first-order valence-electron chi connectivity index (χ1n) is 10.8.